The lowest BCUT2D eigenvalue weighted by Crippen LogP contribution is -2.62. The molecule has 0 radical (unpaired) electrons. The zero-order valence-electron chi connectivity index (χ0n) is 28.1. The zero-order chi connectivity index (χ0) is 33.5. The zero-order valence-corrected chi connectivity index (χ0v) is 28.1. The molecule has 0 unspecified atom stereocenters. The second-order valence-corrected chi connectivity index (χ2v) is 13.1. The third-order valence-electron chi connectivity index (χ3n) is 9.10. The van der Waals surface area contributed by atoms with Crippen LogP contribution in [0.2, 0.25) is 0 Å². The molecule has 1 heterocycles. The van der Waals surface area contributed by atoms with E-state index in [1.807, 2.05) is 25.7 Å². The Morgan fingerprint density at radius 3 is 2.16 bits per heavy atom. The minimum atomic E-state index is -1.25. The minimum Gasteiger partial charge on any atom is -0.394 e. The lowest BCUT2D eigenvalue weighted by atomic mass is 9.83. The number of nitrogens with zero attached hydrogens (tertiary/aromatic N) is 2. The van der Waals surface area contributed by atoms with Gasteiger partial charge in [-0.1, -0.05) is 59.3 Å². The fourth-order valence-electron chi connectivity index (χ4n) is 6.25. The van der Waals surface area contributed by atoms with Crippen LogP contribution in [0, 0.1) is 11.8 Å². The summed E-state index contributed by atoms with van der Waals surface area (Å²) >= 11 is 0. The molecule has 5 atom stereocenters. The van der Waals surface area contributed by atoms with Crippen molar-refractivity contribution < 1.29 is 29.1 Å². The standard InChI is InChI=1S/C32H59N7O6/c1-6-7-8-12-16-39-17-15-34-28(41)25(20-40)36-29(42)24(19-33)35-31(44)27(23-13-10-9-11-14-23)37-30(43)26(18-21(2)3)38(5)32(45)22(39)4/h21-27,40H,6-20,33H2,1-5H3,(H,34,41)(H,35,44)(H,36,42)(H,37,43)/t22-,24-,25-,26-,27-/m0/s1. The van der Waals surface area contributed by atoms with Gasteiger partial charge in [-0.15, -0.1) is 0 Å². The average Bonchev–Trinajstić information content (AvgIpc) is 3.03. The van der Waals surface area contributed by atoms with Gasteiger partial charge in [0.15, 0.2) is 0 Å². The third kappa shape index (κ3) is 11.8. The number of aliphatic hydroxyl groups excluding tert-OH is 1. The molecule has 45 heavy (non-hydrogen) atoms. The lowest BCUT2D eigenvalue weighted by Gasteiger charge is -2.37. The average molecular weight is 638 g/mol. The maximum atomic E-state index is 14.0. The van der Waals surface area contributed by atoms with Gasteiger partial charge in [-0.25, -0.2) is 0 Å². The Bertz CT molecular complexity index is 974. The summed E-state index contributed by atoms with van der Waals surface area (Å²) in [4.78, 5) is 71.2. The van der Waals surface area contributed by atoms with Crippen LogP contribution >= 0.6 is 0 Å². The van der Waals surface area contributed by atoms with Gasteiger partial charge in [-0.2, -0.15) is 0 Å². The fraction of sp³-hybridized carbons (Fsp3) is 0.844. The molecule has 0 aromatic rings. The topological polar surface area (TPSA) is 186 Å². The van der Waals surface area contributed by atoms with Crippen LogP contribution in [0.5, 0.6) is 0 Å². The Morgan fingerprint density at radius 1 is 0.889 bits per heavy atom. The molecule has 2 fully saturated rings. The van der Waals surface area contributed by atoms with Crippen molar-refractivity contribution in [3.63, 3.8) is 0 Å². The van der Waals surface area contributed by atoms with E-state index in [-0.39, 0.29) is 30.8 Å². The van der Waals surface area contributed by atoms with Crippen LogP contribution in [0.1, 0.15) is 91.9 Å². The molecule has 5 amide bonds. The summed E-state index contributed by atoms with van der Waals surface area (Å²) in [5.41, 5.74) is 5.87. The van der Waals surface area contributed by atoms with E-state index in [9.17, 15) is 29.1 Å². The SMILES string of the molecule is CCCCCCN1CCNC(=O)[C@H](CO)NC(=O)[C@H](CN)NC(=O)[C@H](C2CCCCC2)NC(=O)[C@H](CC(C)C)N(C)C(=O)[C@@H]1C. The number of nitrogens with two attached hydrogens (primary N) is 1. The van der Waals surface area contributed by atoms with Crippen LogP contribution in [-0.2, 0) is 24.0 Å². The highest BCUT2D eigenvalue weighted by atomic mass is 16.3. The number of carbonyl (C=O) groups excluding carboxylic acids is 5. The van der Waals surface area contributed by atoms with Crippen molar-refractivity contribution >= 4 is 29.5 Å². The third-order valence-corrected chi connectivity index (χ3v) is 9.10. The Labute approximate surface area is 269 Å². The van der Waals surface area contributed by atoms with Crippen LogP contribution in [0.3, 0.4) is 0 Å². The fourth-order valence-corrected chi connectivity index (χ4v) is 6.25. The Hall–Kier alpha value is -2.77. The van der Waals surface area contributed by atoms with Crippen molar-refractivity contribution in [3.8, 4) is 0 Å². The van der Waals surface area contributed by atoms with E-state index in [2.05, 4.69) is 28.2 Å². The van der Waals surface area contributed by atoms with Crippen molar-refractivity contribution in [1.29, 1.82) is 0 Å². The van der Waals surface area contributed by atoms with Crippen molar-refractivity contribution in [3.05, 3.63) is 0 Å². The van der Waals surface area contributed by atoms with Crippen LogP contribution in [-0.4, -0.2) is 114 Å². The molecule has 2 rings (SSSR count). The summed E-state index contributed by atoms with van der Waals surface area (Å²) in [7, 11) is 1.64. The first-order valence-electron chi connectivity index (χ1n) is 16.9. The first kappa shape index (κ1) is 38.4. The van der Waals surface area contributed by atoms with Crippen LogP contribution in [0.15, 0.2) is 0 Å². The normalized spacial score (nSPS) is 27.8. The summed E-state index contributed by atoms with van der Waals surface area (Å²) in [6.45, 7) is 8.17. The number of hydrogen-bond acceptors (Lipinski definition) is 8. The highest BCUT2D eigenvalue weighted by Crippen LogP contribution is 2.27. The monoisotopic (exact) mass is 637 g/mol. The Kier molecular flexibility index (Phi) is 16.8. The number of nitrogens with one attached hydrogen (secondary N) is 4. The largest absolute Gasteiger partial charge is 0.394 e. The van der Waals surface area contributed by atoms with Gasteiger partial charge in [0.25, 0.3) is 0 Å². The van der Waals surface area contributed by atoms with E-state index >= 15 is 0 Å². The van der Waals surface area contributed by atoms with E-state index in [1.54, 1.807) is 7.05 Å². The molecule has 0 spiro atoms. The highest BCUT2D eigenvalue weighted by Gasteiger charge is 2.38. The molecule has 7 N–H and O–H groups in total. The predicted octanol–water partition coefficient (Wildman–Crippen LogP) is 0.246. The summed E-state index contributed by atoms with van der Waals surface area (Å²) < 4.78 is 0. The van der Waals surface area contributed by atoms with Gasteiger partial charge < -0.3 is 37.0 Å². The molecule has 1 saturated heterocycles. The number of hydrogen-bond donors (Lipinski definition) is 6. The first-order chi connectivity index (χ1) is 21.4. The number of rotatable bonds is 10. The number of likely N-dealkylation sites (N-methyl/N-ethyl adjacent to an activating group) is 1. The van der Waals surface area contributed by atoms with Gasteiger partial charge in [-0.3, -0.25) is 28.9 Å². The molecule has 1 aliphatic heterocycles. The van der Waals surface area contributed by atoms with Gasteiger partial charge in [-0.05, 0) is 51.0 Å². The van der Waals surface area contributed by atoms with Gasteiger partial charge in [0, 0.05) is 26.7 Å². The summed E-state index contributed by atoms with van der Waals surface area (Å²) in [5.74, 6) is -2.52. The molecular formula is C32H59N7O6. The van der Waals surface area contributed by atoms with E-state index in [4.69, 9.17) is 5.73 Å². The minimum absolute atomic E-state index is 0.0938. The summed E-state index contributed by atoms with van der Waals surface area (Å²) in [5, 5.41) is 20.8. The van der Waals surface area contributed by atoms with Crippen molar-refractivity contribution in [2.75, 3.05) is 39.8 Å². The predicted molar refractivity (Wildman–Crippen MR) is 173 cm³/mol. The molecule has 0 aromatic carbocycles. The Balaban J connectivity index is 2.49. The van der Waals surface area contributed by atoms with Crippen LogP contribution < -0.4 is 27.0 Å². The van der Waals surface area contributed by atoms with E-state index in [0.717, 1.165) is 57.8 Å². The first-order valence-corrected chi connectivity index (χ1v) is 16.9. The molecule has 0 aromatic heterocycles. The Morgan fingerprint density at radius 2 is 1.56 bits per heavy atom. The molecule has 13 nitrogen and oxygen atoms in total. The lowest BCUT2D eigenvalue weighted by molar-refractivity contribution is -0.144. The van der Waals surface area contributed by atoms with Gasteiger partial charge in [0.05, 0.1) is 12.6 Å². The quantitative estimate of drug-likeness (QED) is 0.184. The maximum absolute atomic E-state index is 14.0. The van der Waals surface area contributed by atoms with Gasteiger partial charge in [0.1, 0.15) is 24.2 Å². The number of carbonyl (C=O) groups is 5. The van der Waals surface area contributed by atoms with Gasteiger partial charge >= 0.3 is 0 Å². The van der Waals surface area contributed by atoms with Crippen molar-refractivity contribution in [2.24, 2.45) is 17.6 Å². The van der Waals surface area contributed by atoms with E-state index < -0.39 is 60.4 Å². The van der Waals surface area contributed by atoms with E-state index in [0.29, 0.717) is 19.5 Å². The summed E-state index contributed by atoms with van der Waals surface area (Å²) in [6, 6.07) is -4.75. The molecule has 2 aliphatic rings. The molecule has 0 bridgehead atoms. The van der Waals surface area contributed by atoms with Crippen molar-refractivity contribution in [2.45, 2.75) is 122 Å². The molecule has 13 heteroatoms. The number of amides is 5. The molecule has 1 aliphatic carbocycles. The van der Waals surface area contributed by atoms with Gasteiger partial charge in [0.2, 0.25) is 29.5 Å². The molecule has 258 valence electrons. The number of unbranched alkanes of at least 4 members (excludes halogenated alkanes) is 3. The highest BCUT2D eigenvalue weighted by molar-refractivity contribution is 5.96. The van der Waals surface area contributed by atoms with E-state index in [1.165, 1.54) is 4.90 Å². The molecule has 1 saturated carbocycles. The maximum Gasteiger partial charge on any atom is 0.245 e. The second kappa shape index (κ2) is 19.7. The smallest absolute Gasteiger partial charge is 0.245 e. The van der Waals surface area contributed by atoms with Crippen LogP contribution in [0.4, 0.5) is 0 Å². The molecular weight excluding hydrogens is 578 g/mol. The summed E-state index contributed by atoms with van der Waals surface area (Å²) in [6.07, 6.45) is 8.75. The number of aliphatic hydroxyl groups is 1. The van der Waals surface area contributed by atoms with Crippen LogP contribution in [0.25, 0.3) is 0 Å². The second-order valence-electron chi connectivity index (χ2n) is 13.1. The van der Waals surface area contributed by atoms with Crippen molar-refractivity contribution in [1.82, 2.24) is 31.1 Å².